The Bertz CT molecular complexity index is 1480. The summed E-state index contributed by atoms with van der Waals surface area (Å²) in [6.45, 7) is 2.00. The van der Waals surface area contributed by atoms with Crippen LogP contribution in [0.25, 0.3) is 11.2 Å². The zero-order valence-electron chi connectivity index (χ0n) is 20.4. The van der Waals surface area contributed by atoms with Crippen LogP contribution in [0.3, 0.4) is 0 Å². The van der Waals surface area contributed by atoms with Gasteiger partial charge < -0.3 is 20.9 Å². The SMILES string of the molecule is COc1ccc(Oc2ccc(CN(Cc3ccccc3)Cc3cnc4nc(N)nc(N)c4n3)cc2)cc1. The number of ether oxygens (including phenoxy) is 2. The molecule has 9 nitrogen and oxygen atoms in total. The summed E-state index contributed by atoms with van der Waals surface area (Å²) in [6.07, 6.45) is 1.71. The number of rotatable bonds is 9. The molecule has 5 aromatic rings. The molecule has 0 bridgehead atoms. The monoisotopic (exact) mass is 493 g/mol. The predicted molar refractivity (Wildman–Crippen MR) is 143 cm³/mol. The van der Waals surface area contributed by atoms with Crippen molar-refractivity contribution in [3.8, 4) is 17.2 Å². The minimum absolute atomic E-state index is 0.0807. The van der Waals surface area contributed by atoms with E-state index < -0.39 is 0 Å². The Balaban J connectivity index is 1.33. The topological polar surface area (TPSA) is 125 Å². The van der Waals surface area contributed by atoms with E-state index in [9.17, 15) is 0 Å². The summed E-state index contributed by atoms with van der Waals surface area (Å²) in [7, 11) is 1.64. The first kappa shape index (κ1) is 24.0. The van der Waals surface area contributed by atoms with Gasteiger partial charge in [0.25, 0.3) is 0 Å². The molecule has 0 fully saturated rings. The largest absolute Gasteiger partial charge is 0.497 e. The molecule has 0 saturated carbocycles. The molecule has 4 N–H and O–H groups in total. The van der Waals surface area contributed by atoms with Crippen molar-refractivity contribution in [1.82, 2.24) is 24.8 Å². The molecule has 0 atom stereocenters. The Morgan fingerprint density at radius 2 is 1.32 bits per heavy atom. The van der Waals surface area contributed by atoms with Crippen molar-refractivity contribution in [1.29, 1.82) is 0 Å². The van der Waals surface area contributed by atoms with Gasteiger partial charge in [-0.15, -0.1) is 0 Å². The fraction of sp³-hybridized carbons (Fsp3) is 0.143. The van der Waals surface area contributed by atoms with E-state index in [1.54, 1.807) is 13.3 Å². The van der Waals surface area contributed by atoms with E-state index in [2.05, 4.69) is 49.1 Å². The van der Waals surface area contributed by atoms with Gasteiger partial charge in [0.2, 0.25) is 5.95 Å². The van der Waals surface area contributed by atoms with Crippen molar-refractivity contribution in [2.75, 3.05) is 18.6 Å². The van der Waals surface area contributed by atoms with Crippen LogP contribution < -0.4 is 20.9 Å². The number of methoxy groups -OCH3 is 1. The minimum atomic E-state index is 0.0807. The quantitative estimate of drug-likeness (QED) is 0.303. The van der Waals surface area contributed by atoms with Gasteiger partial charge >= 0.3 is 0 Å². The molecule has 0 unspecified atom stereocenters. The maximum atomic E-state index is 6.02. The number of nitrogens with two attached hydrogens (primary N) is 2. The lowest BCUT2D eigenvalue weighted by atomic mass is 10.1. The summed E-state index contributed by atoms with van der Waals surface area (Å²) < 4.78 is 11.2. The Morgan fingerprint density at radius 1 is 0.703 bits per heavy atom. The highest BCUT2D eigenvalue weighted by Crippen LogP contribution is 2.25. The third kappa shape index (κ3) is 6.09. The second-order valence-corrected chi connectivity index (χ2v) is 8.55. The first-order chi connectivity index (χ1) is 18.1. The molecular formula is C28H27N7O2. The summed E-state index contributed by atoms with van der Waals surface area (Å²) in [5, 5.41) is 0. The Hall–Kier alpha value is -4.76. The first-order valence-corrected chi connectivity index (χ1v) is 11.8. The average Bonchev–Trinajstić information content (AvgIpc) is 2.91. The highest BCUT2D eigenvalue weighted by atomic mass is 16.5. The molecule has 0 radical (unpaired) electrons. The van der Waals surface area contributed by atoms with E-state index in [0.29, 0.717) is 24.3 Å². The number of hydrogen-bond acceptors (Lipinski definition) is 9. The van der Waals surface area contributed by atoms with Crippen LogP contribution in [-0.4, -0.2) is 31.9 Å². The van der Waals surface area contributed by atoms with E-state index in [0.717, 1.165) is 35.1 Å². The number of nitrogens with zero attached hydrogens (tertiary/aromatic N) is 5. The Kier molecular flexibility index (Phi) is 7.05. The molecule has 5 rings (SSSR count). The van der Waals surface area contributed by atoms with Crippen LogP contribution in [0.2, 0.25) is 0 Å². The van der Waals surface area contributed by atoms with E-state index in [4.69, 9.17) is 20.9 Å². The zero-order chi connectivity index (χ0) is 25.6. The molecule has 186 valence electrons. The molecule has 0 amide bonds. The zero-order valence-corrected chi connectivity index (χ0v) is 20.4. The van der Waals surface area contributed by atoms with Crippen LogP contribution in [0.4, 0.5) is 11.8 Å². The number of fused-ring (bicyclic) bond motifs is 1. The summed E-state index contributed by atoms with van der Waals surface area (Å²) in [6, 6.07) is 25.9. The highest BCUT2D eigenvalue weighted by molar-refractivity contribution is 5.81. The third-order valence-corrected chi connectivity index (χ3v) is 5.76. The lowest BCUT2D eigenvalue weighted by Gasteiger charge is -2.22. The van der Waals surface area contributed by atoms with Crippen molar-refractivity contribution < 1.29 is 9.47 Å². The van der Waals surface area contributed by atoms with Crippen LogP contribution in [-0.2, 0) is 19.6 Å². The number of nitrogen functional groups attached to an aromatic ring is 2. The molecule has 2 aromatic heterocycles. The van der Waals surface area contributed by atoms with E-state index in [-0.39, 0.29) is 11.8 Å². The second-order valence-electron chi connectivity index (χ2n) is 8.55. The molecule has 9 heteroatoms. The number of benzene rings is 3. The van der Waals surface area contributed by atoms with Crippen molar-refractivity contribution in [3.05, 3.63) is 102 Å². The molecule has 0 aliphatic carbocycles. The maximum Gasteiger partial charge on any atom is 0.224 e. The lowest BCUT2D eigenvalue weighted by Crippen LogP contribution is -2.23. The molecule has 0 spiro atoms. The van der Waals surface area contributed by atoms with E-state index in [1.807, 2.05) is 54.6 Å². The summed E-state index contributed by atoms with van der Waals surface area (Å²) in [5.74, 6) is 2.60. The number of hydrogen-bond donors (Lipinski definition) is 2. The van der Waals surface area contributed by atoms with E-state index >= 15 is 0 Å². The predicted octanol–water partition coefficient (Wildman–Crippen LogP) is 4.59. The van der Waals surface area contributed by atoms with Crippen molar-refractivity contribution >= 4 is 22.9 Å². The van der Waals surface area contributed by atoms with Gasteiger partial charge in [0, 0.05) is 19.6 Å². The van der Waals surface area contributed by atoms with Gasteiger partial charge in [-0.3, -0.25) is 4.90 Å². The fourth-order valence-electron chi connectivity index (χ4n) is 4.00. The van der Waals surface area contributed by atoms with Crippen LogP contribution in [0.15, 0.2) is 85.1 Å². The summed E-state index contributed by atoms with van der Waals surface area (Å²) in [5.41, 5.74) is 15.7. The number of aromatic nitrogens is 4. The fourth-order valence-corrected chi connectivity index (χ4v) is 4.00. The van der Waals surface area contributed by atoms with Gasteiger partial charge in [-0.25, -0.2) is 9.97 Å². The average molecular weight is 494 g/mol. The molecule has 0 saturated heterocycles. The number of anilines is 2. The van der Waals surface area contributed by atoms with Crippen LogP contribution in [0.5, 0.6) is 17.2 Å². The van der Waals surface area contributed by atoms with Gasteiger partial charge in [-0.05, 0) is 47.5 Å². The van der Waals surface area contributed by atoms with Gasteiger partial charge in [-0.2, -0.15) is 9.97 Å². The lowest BCUT2D eigenvalue weighted by molar-refractivity contribution is 0.244. The highest BCUT2D eigenvalue weighted by Gasteiger charge is 2.13. The first-order valence-electron chi connectivity index (χ1n) is 11.8. The second kappa shape index (κ2) is 10.9. The van der Waals surface area contributed by atoms with Crippen LogP contribution >= 0.6 is 0 Å². The van der Waals surface area contributed by atoms with Crippen LogP contribution in [0, 0.1) is 0 Å². The van der Waals surface area contributed by atoms with Crippen LogP contribution in [0.1, 0.15) is 16.8 Å². The van der Waals surface area contributed by atoms with Crippen molar-refractivity contribution in [3.63, 3.8) is 0 Å². The molecule has 37 heavy (non-hydrogen) atoms. The smallest absolute Gasteiger partial charge is 0.224 e. The molecule has 0 aliphatic rings. The summed E-state index contributed by atoms with van der Waals surface area (Å²) in [4.78, 5) is 19.5. The maximum absolute atomic E-state index is 6.02. The van der Waals surface area contributed by atoms with Crippen molar-refractivity contribution in [2.45, 2.75) is 19.6 Å². The van der Waals surface area contributed by atoms with Gasteiger partial charge in [0.05, 0.1) is 19.0 Å². The third-order valence-electron chi connectivity index (χ3n) is 5.76. The molecule has 3 aromatic carbocycles. The standard InChI is InChI=1S/C28H27N7O2/c1-36-22-11-13-24(14-12-22)37-23-9-7-20(8-10-23)17-35(16-19-5-3-2-4-6-19)18-21-15-31-27-25(32-21)26(29)33-28(30)34-27/h2-15H,16-18H2,1H3,(H4,29,30,31,33,34). The summed E-state index contributed by atoms with van der Waals surface area (Å²) >= 11 is 0. The van der Waals surface area contributed by atoms with Gasteiger partial charge in [0.15, 0.2) is 17.0 Å². The normalized spacial score (nSPS) is 11.1. The molecule has 2 heterocycles. The van der Waals surface area contributed by atoms with Gasteiger partial charge in [0.1, 0.15) is 17.2 Å². The minimum Gasteiger partial charge on any atom is -0.497 e. The Labute approximate surface area is 214 Å². The van der Waals surface area contributed by atoms with E-state index in [1.165, 1.54) is 5.56 Å². The van der Waals surface area contributed by atoms with Crippen molar-refractivity contribution in [2.24, 2.45) is 0 Å². The molecule has 0 aliphatic heterocycles. The van der Waals surface area contributed by atoms with Gasteiger partial charge in [-0.1, -0.05) is 42.5 Å². The Morgan fingerprint density at radius 3 is 2.00 bits per heavy atom. The molecular weight excluding hydrogens is 466 g/mol.